The fourth-order valence-corrected chi connectivity index (χ4v) is 2.65. The van der Waals surface area contributed by atoms with Crippen molar-refractivity contribution in [3.05, 3.63) is 23.7 Å². The second-order valence-electron chi connectivity index (χ2n) is 4.83. The fourth-order valence-electron chi connectivity index (χ4n) is 2.65. The van der Waals surface area contributed by atoms with Gasteiger partial charge in [-0.15, -0.1) is 0 Å². The highest BCUT2D eigenvalue weighted by molar-refractivity contribution is 5.05. The van der Waals surface area contributed by atoms with Gasteiger partial charge in [0, 0.05) is 0 Å². The molecule has 1 aliphatic rings. The molecule has 1 fully saturated rings. The molecule has 2 rings (SSSR count). The van der Waals surface area contributed by atoms with Gasteiger partial charge in [-0.2, -0.15) is 0 Å². The van der Waals surface area contributed by atoms with Gasteiger partial charge in [-0.25, -0.2) is 0 Å². The third-order valence-corrected chi connectivity index (χ3v) is 3.62. The van der Waals surface area contributed by atoms with Crippen molar-refractivity contribution in [2.75, 3.05) is 13.1 Å². The van der Waals surface area contributed by atoms with E-state index in [0.717, 1.165) is 43.0 Å². The predicted molar refractivity (Wildman–Crippen MR) is 65.0 cm³/mol. The summed E-state index contributed by atoms with van der Waals surface area (Å²) in [6, 6.07) is 4.05. The van der Waals surface area contributed by atoms with Crippen LogP contribution < -0.4 is 11.1 Å². The van der Waals surface area contributed by atoms with Crippen LogP contribution in [0.4, 0.5) is 0 Å². The summed E-state index contributed by atoms with van der Waals surface area (Å²) in [4.78, 5) is 0. The van der Waals surface area contributed by atoms with Crippen LogP contribution in [-0.4, -0.2) is 13.1 Å². The van der Waals surface area contributed by atoms with E-state index in [4.69, 9.17) is 10.2 Å². The van der Waals surface area contributed by atoms with E-state index in [0.29, 0.717) is 0 Å². The zero-order valence-electron chi connectivity index (χ0n) is 10.0. The summed E-state index contributed by atoms with van der Waals surface area (Å²) in [6.07, 6.45) is 3.98. The van der Waals surface area contributed by atoms with Gasteiger partial charge in [-0.05, 0) is 56.8 Å². The Labute approximate surface area is 97.4 Å². The van der Waals surface area contributed by atoms with Crippen LogP contribution >= 0.6 is 0 Å². The zero-order valence-corrected chi connectivity index (χ0v) is 10.0. The molecule has 3 heteroatoms. The molecule has 2 unspecified atom stereocenters. The molecular formula is C13H22N2O. The number of nitrogens with two attached hydrogens (primary N) is 1. The third kappa shape index (κ3) is 2.86. The van der Waals surface area contributed by atoms with Gasteiger partial charge >= 0.3 is 0 Å². The third-order valence-electron chi connectivity index (χ3n) is 3.62. The Morgan fingerprint density at radius 3 is 2.88 bits per heavy atom. The van der Waals surface area contributed by atoms with Gasteiger partial charge in [0.25, 0.3) is 0 Å². The summed E-state index contributed by atoms with van der Waals surface area (Å²) in [5.74, 6) is 3.50. The van der Waals surface area contributed by atoms with E-state index < -0.39 is 0 Å². The van der Waals surface area contributed by atoms with Crippen molar-refractivity contribution < 1.29 is 4.42 Å². The number of nitrogens with one attached hydrogen (secondary N) is 1. The average molecular weight is 222 g/mol. The van der Waals surface area contributed by atoms with Crippen LogP contribution in [0.25, 0.3) is 0 Å². The summed E-state index contributed by atoms with van der Waals surface area (Å²) in [5, 5.41) is 3.47. The normalized spacial score (nSPS) is 25.1. The molecule has 0 amide bonds. The van der Waals surface area contributed by atoms with Crippen LogP contribution in [0, 0.1) is 18.8 Å². The lowest BCUT2D eigenvalue weighted by molar-refractivity contribution is 0.363. The van der Waals surface area contributed by atoms with Gasteiger partial charge in [0.05, 0.1) is 6.54 Å². The van der Waals surface area contributed by atoms with Gasteiger partial charge < -0.3 is 15.5 Å². The molecule has 0 saturated heterocycles. The minimum absolute atomic E-state index is 0.728. The smallest absolute Gasteiger partial charge is 0.117 e. The lowest BCUT2D eigenvalue weighted by atomic mass is 9.96. The van der Waals surface area contributed by atoms with Crippen molar-refractivity contribution in [1.82, 2.24) is 5.32 Å². The van der Waals surface area contributed by atoms with Crippen LogP contribution in [-0.2, 0) is 6.54 Å². The maximum atomic E-state index is 5.76. The van der Waals surface area contributed by atoms with Gasteiger partial charge in [-0.1, -0.05) is 6.42 Å². The van der Waals surface area contributed by atoms with Crippen LogP contribution in [0.5, 0.6) is 0 Å². The highest BCUT2D eigenvalue weighted by Gasteiger charge is 2.25. The van der Waals surface area contributed by atoms with Crippen molar-refractivity contribution in [3.63, 3.8) is 0 Å². The van der Waals surface area contributed by atoms with Gasteiger partial charge in [0.1, 0.15) is 11.5 Å². The van der Waals surface area contributed by atoms with Crippen LogP contribution in [0.1, 0.15) is 30.8 Å². The standard InChI is InChI=1S/C13H22N2O/c1-10-5-6-13(16-10)9-15-8-12-4-2-3-11(12)7-14/h5-6,11-12,15H,2-4,7-9,14H2,1H3. The van der Waals surface area contributed by atoms with Crippen molar-refractivity contribution in [3.8, 4) is 0 Å². The molecule has 1 saturated carbocycles. The molecular weight excluding hydrogens is 200 g/mol. The van der Waals surface area contributed by atoms with Gasteiger partial charge in [-0.3, -0.25) is 0 Å². The number of hydrogen-bond donors (Lipinski definition) is 2. The lowest BCUT2D eigenvalue weighted by Crippen LogP contribution is -2.28. The lowest BCUT2D eigenvalue weighted by Gasteiger charge is -2.17. The van der Waals surface area contributed by atoms with E-state index in [2.05, 4.69) is 5.32 Å². The van der Waals surface area contributed by atoms with E-state index in [1.165, 1.54) is 19.3 Å². The number of rotatable bonds is 5. The zero-order chi connectivity index (χ0) is 11.4. The van der Waals surface area contributed by atoms with Crippen molar-refractivity contribution in [2.24, 2.45) is 17.6 Å². The van der Waals surface area contributed by atoms with E-state index in [-0.39, 0.29) is 0 Å². The molecule has 0 spiro atoms. The molecule has 1 aromatic rings. The first-order valence-corrected chi connectivity index (χ1v) is 6.25. The Balaban J connectivity index is 1.71. The molecule has 0 radical (unpaired) electrons. The first kappa shape index (κ1) is 11.7. The van der Waals surface area contributed by atoms with Gasteiger partial charge in [0.15, 0.2) is 0 Å². The molecule has 1 heterocycles. The Kier molecular flexibility index (Phi) is 4.02. The maximum Gasteiger partial charge on any atom is 0.117 e. The van der Waals surface area contributed by atoms with Crippen molar-refractivity contribution in [1.29, 1.82) is 0 Å². The number of aryl methyl sites for hydroxylation is 1. The minimum Gasteiger partial charge on any atom is -0.465 e. The molecule has 1 aliphatic carbocycles. The largest absolute Gasteiger partial charge is 0.465 e. The molecule has 3 N–H and O–H groups in total. The molecule has 3 nitrogen and oxygen atoms in total. The minimum atomic E-state index is 0.728. The molecule has 90 valence electrons. The first-order chi connectivity index (χ1) is 7.79. The molecule has 1 aromatic heterocycles. The molecule has 0 aliphatic heterocycles. The van der Waals surface area contributed by atoms with E-state index in [9.17, 15) is 0 Å². The SMILES string of the molecule is Cc1ccc(CNCC2CCCC2CN)o1. The summed E-state index contributed by atoms with van der Waals surface area (Å²) < 4.78 is 5.51. The summed E-state index contributed by atoms with van der Waals surface area (Å²) in [5.41, 5.74) is 5.76. The van der Waals surface area contributed by atoms with Crippen LogP contribution in [0.3, 0.4) is 0 Å². The van der Waals surface area contributed by atoms with Crippen molar-refractivity contribution in [2.45, 2.75) is 32.7 Å². The first-order valence-electron chi connectivity index (χ1n) is 6.25. The monoisotopic (exact) mass is 222 g/mol. The summed E-state index contributed by atoms with van der Waals surface area (Å²) in [7, 11) is 0. The van der Waals surface area contributed by atoms with E-state index in [1.807, 2.05) is 19.1 Å². The Morgan fingerprint density at radius 2 is 2.19 bits per heavy atom. The molecule has 2 atom stereocenters. The topological polar surface area (TPSA) is 51.2 Å². The van der Waals surface area contributed by atoms with E-state index >= 15 is 0 Å². The Bertz CT molecular complexity index is 321. The quantitative estimate of drug-likeness (QED) is 0.801. The number of furan rings is 1. The van der Waals surface area contributed by atoms with Crippen molar-refractivity contribution >= 4 is 0 Å². The Morgan fingerprint density at radius 1 is 1.38 bits per heavy atom. The maximum absolute atomic E-state index is 5.76. The Hall–Kier alpha value is -0.800. The highest BCUT2D eigenvalue weighted by atomic mass is 16.3. The highest BCUT2D eigenvalue weighted by Crippen LogP contribution is 2.30. The molecule has 16 heavy (non-hydrogen) atoms. The average Bonchev–Trinajstić information content (AvgIpc) is 2.87. The van der Waals surface area contributed by atoms with Crippen LogP contribution in [0.2, 0.25) is 0 Å². The fraction of sp³-hybridized carbons (Fsp3) is 0.692. The predicted octanol–water partition coefficient (Wildman–Crippen LogP) is 2.05. The molecule has 0 bridgehead atoms. The summed E-state index contributed by atoms with van der Waals surface area (Å²) >= 11 is 0. The second kappa shape index (κ2) is 5.51. The van der Waals surface area contributed by atoms with Gasteiger partial charge in [0.2, 0.25) is 0 Å². The number of hydrogen-bond acceptors (Lipinski definition) is 3. The second-order valence-corrected chi connectivity index (χ2v) is 4.83. The molecule has 0 aromatic carbocycles. The van der Waals surface area contributed by atoms with Crippen LogP contribution in [0.15, 0.2) is 16.5 Å². The van der Waals surface area contributed by atoms with E-state index in [1.54, 1.807) is 0 Å². The summed E-state index contributed by atoms with van der Waals surface area (Å²) in [6.45, 7) is 4.72.